The maximum atomic E-state index is 5.52. The third kappa shape index (κ3) is 2.02. The Kier molecular flexibility index (Phi) is 3.02. The van der Waals surface area contributed by atoms with Crippen LogP contribution in [0.4, 0.5) is 0 Å². The molecule has 0 atom stereocenters. The fourth-order valence-corrected chi connectivity index (χ4v) is 1.80. The summed E-state index contributed by atoms with van der Waals surface area (Å²) in [6, 6.07) is 6.29. The van der Waals surface area contributed by atoms with E-state index in [1.807, 2.05) is 0 Å². The number of aromatic amines is 1. The smallest absolute Gasteiger partial charge is 0.106 e. The lowest BCUT2D eigenvalue weighted by Gasteiger charge is -1.99. The van der Waals surface area contributed by atoms with E-state index in [0.717, 1.165) is 42.7 Å². The maximum Gasteiger partial charge on any atom is 0.106 e. The van der Waals surface area contributed by atoms with Gasteiger partial charge < -0.3 is 10.7 Å². The van der Waals surface area contributed by atoms with E-state index in [-0.39, 0.29) is 0 Å². The summed E-state index contributed by atoms with van der Waals surface area (Å²) in [4.78, 5) is 7.91. The second kappa shape index (κ2) is 4.45. The highest BCUT2D eigenvalue weighted by atomic mass is 14.9. The van der Waals surface area contributed by atoms with E-state index in [4.69, 9.17) is 5.73 Å². The molecule has 1 aromatic heterocycles. The van der Waals surface area contributed by atoms with E-state index < -0.39 is 0 Å². The van der Waals surface area contributed by atoms with Crippen LogP contribution >= 0.6 is 0 Å². The molecule has 0 saturated carbocycles. The summed E-state index contributed by atoms with van der Waals surface area (Å²) in [5, 5.41) is 0. The topological polar surface area (TPSA) is 54.7 Å². The quantitative estimate of drug-likeness (QED) is 0.798. The van der Waals surface area contributed by atoms with Crippen molar-refractivity contribution in [3.8, 4) is 0 Å². The lowest BCUT2D eigenvalue weighted by molar-refractivity contribution is 0.835. The van der Waals surface area contributed by atoms with Crippen molar-refractivity contribution in [3.63, 3.8) is 0 Å². The van der Waals surface area contributed by atoms with Gasteiger partial charge in [0.15, 0.2) is 0 Å². The number of benzene rings is 1. The molecular weight excluding hydrogens is 186 g/mol. The van der Waals surface area contributed by atoms with Crippen LogP contribution < -0.4 is 5.73 Å². The van der Waals surface area contributed by atoms with Gasteiger partial charge in [0, 0.05) is 6.42 Å². The SMILES string of the molecule is CCc1nc2c(CCCN)cccc2[nH]1. The van der Waals surface area contributed by atoms with Gasteiger partial charge in [0.25, 0.3) is 0 Å². The van der Waals surface area contributed by atoms with Crippen molar-refractivity contribution >= 4 is 11.0 Å². The van der Waals surface area contributed by atoms with Crippen LogP contribution in [-0.4, -0.2) is 16.5 Å². The third-order valence-corrected chi connectivity index (χ3v) is 2.63. The Bertz CT molecular complexity index is 445. The first-order valence-corrected chi connectivity index (χ1v) is 5.51. The zero-order chi connectivity index (χ0) is 10.7. The van der Waals surface area contributed by atoms with Crippen LogP contribution in [0.15, 0.2) is 18.2 Å². The molecule has 0 aliphatic heterocycles. The van der Waals surface area contributed by atoms with Crippen LogP contribution in [0.5, 0.6) is 0 Å². The number of para-hydroxylation sites is 1. The second-order valence-corrected chi connectivity index (χ2v) is 3.74. The fraction of sp³-hybridized carbons (Fsp3) is 0.417. The Morgan fingerprint density at radius 2 is 2.27 bits per heavy atom. The van der Waals surface area contributed by atoms with Gasteiger partial charge in [-0.05, 0) is 31.0 Å². The van der Waals surface area contributed by atoms with Crippen LogP contribution in [-0.2, 0) is 12.8 Å². The van der Waals surface area contributed by atoms with Crippen molar-refractivity contribution in [3.05, 3.63) is 29.6 Å². The summed E-state index contributed by atoms with van der Waals surface area (Å²) in [5.74, 6) is 1.06. The summed E-state index contributed by atoms with van der Waals surface area (Å²) < 4.78 is 0. The molecule has 15 heavy (non-hydrogen) atoms. The Labute approximate surface area is 89.7 Å². The minimum absolute atomic E-state index is 0.738. The Morgan fingerprint density at radius 1 is 1.40 bits per heavy atom. The number of aromatic nitrogens is 2. The van der Waals surface area contributed by atoms with Gasteiger partial charge in [0.05, 0.1) is 11.0 Å². The molecule has 0 unspecified atom stereocenters. The molecule has 0 bridgehead atoms. The van der Waals surface area contributed by atoms with Crippen LogP contribution in [0, 0.1) is 0 Å². The molecule has 0 saturated heterocycles. The molecule has 3 nitrogen and oxygen atoms in total. The third-order valence-electron chi connectivity index (χ3n) is 2.63. The minimum Gasteiger partial charge on any atom is -0.342 e. The number of imidazole rings is 1. The molecule has 0 radical (unpaired) electrons. The van der Waals surface area contributed by atoms with Crippen molar-refractivity contribution in [2.75, 3.05) is 6.54 Å². The maximum absolute atomic E-state index is 5.52. The van der Waals surface area contributed by atoms with E-state index >= 15 is 0 Å². The molecular formula is C12H17N3. The standard InChI is InChI=1S/C12H17N3/c1-2-11-14-10-7-3-5-9(6-4-8-13)12(10)15-11/h3,5,7H,2,4,6,8,13H2,1H3,(H,14,15). The first-order valence-electron chi connectivity index (χ1n) is 5.51. The molecule has 0 aliphatic carbocycles. The van der Waals surface area contributed by atoms with Crippen molar-refractivity contribution in [2.24, 2.45) is 5.73 Å². The number of nitrogens with one attached hydrogen (secondary N) is 1. The Balaban J connectivity index is 2.40. The van der Waals surface area contributed by atoms with Crippen molar-refractivity contribution in [1.82, 2.24) is 9.97 Å². The molecule has 0 aliphatic rings. The summed E-state index contributed by atoms with van der Waals surface area (Å²) in [7, 11) is 0. The lowest BCUT2D eigenvalue weighted by Crippen LogP contribution is -2.00. The number of nitrogens with zero attached hydrogens (tertiary/aromatic N) is 1. The molecule has 2 rings (SSSR count). The summed E-state index contributed by atoms with van der Waals surface area (Å²) >= 11 is 0. The highest BCUT2D eigenvalue weighted by Gasteiger charge is 2.05. The van der Waals surface area contributed by atoms with Gasteiger partial charge in [-0.1, -0.05) is 19.1 Å². The lowest BCUT2D eigenvalue weighted by atomic mass is 10.1. The van der Waals surface area contributed by atoms with Crippen LogP contribution in [0.2, 0.25) is 0 Å². The zero-order valence-corrected chi connectivity index (χ0v) is 9.09. The molecule has 0 spiro atoms. The van der Waals surface area contributed by atoms with Gasteiger partial charge in [-0.3, -0.25) is 0 Å². The number of hydrogen-bond acceptors (Lipinski definition) is 2. The number of nitrogens with two attached hydrogens (primary N) is 1. The molecule has 1 heterocycles. The van der Waals surface area contributed by atoms with Gasteiger partial charge in [-0.15, -0.1) is 0 Å². The molecule has 3 heteroatoms. The normalized spacial score (nSPS) is 11.1. The monoisotopic (exact) mass is 203 g/mol. The van der Waals surface area contributed by atoms with Crippen LogP contribution in [0.3, 0.4) is 0 Å². The summed E-state index contributed by atoms with van der Waals surface area (Å²) in [5.41, 5.74) is 9.08. The fourth-order valence-electron chi connectivity index (χ4n) is 1.80. The number of aryl methyl sites for hydroxylation is 2. The molecule has 0 amide bonds. The zero-order valence-electron chi connectivity index (χ0n) is 9.09. The average Bonchev–Trinajstić information content (AvgIpc) is 2.69. The van der Waals surface area contributed by atoms with Crippen LogP contribution in [0.25, 0.3) is 11.0 Å². The number of hydrogen-bond donors (Lipinski definition) is 2. The van der Waals surface area contributed by atoms with Gasteiger partial charge in [-0.2, -0.15) is 0 Å². The number of H-pyrrole nitrogens is 1. The van der Waals surface area contributed by atoms with E-state index in [9.17, 15) is 0 Å². The molecule has 80 valence electrons. The molecule has 2 aromatic rings. The predicted molar refractivity (Wildman–Crippen MR) is 62.8 cm³/mol. The minimum atomic E-state index is 0.738. The van der Waals surface area contributed by atoms with Gasteiger partial charge in [-0.25, -0.2) is 4.98 Å². The van der Waals surface area contributed by atoms with E-state index in [0.29, 0.717) is 0 Å². The summed E-state index contributed by atoms with van der Waals surface area (Å²) in [6.07, 6.45) is 2.99. The van der Waals surface area contributed by atoms with E-state index in [1.165, 1.54) is 5.56 Å². The number of rotatable bonds is 4. The largest absolute Gasteiger partial charge is 0.342 e. The van der Waals surface area contributed by atoms with Crippen LogP contribution in [0.1, 0.15) is 24.7 Å². The highest BCUT2D eigenvalue weighted by molar-refractivity contribution is 5.78. The Morgan fingerprint density at radius 3 is 3.00 bits per heavy atom. The average molecular weight is 203 g/mol. The van der Waals surface area contributed by atoms with E-state index in [2.05, 4.69) is 35.1 Å². The van der Waals surface area contributed by atoms with Gasteiger partial charge in [0.2, 0.25) is 0 Å². The summed E-state index contributed by atoms with van der Waals surface area (Å²) in [6.45, 7) is 2.85. The van der Waals surface area contributed by atoms with E-state index in [1.54, 1.807) is 0 Å². The molecule has 0 fully saturated rings. The highest BCUT2D eigenvalue weighted by Crippen LogP contribution is 2.17. The van der Waals surface area contributed by atoms with Crippen molar-refractivity contribution in [1.29, 1.82) is 0 Å². The van der Waals surface area contributed by atoms with Crippen molar-refractivity contribution < 1.29 is 0 Å². The second-order valence-electron chi connectivity index (χ2n) is 3.74. The molecule has 1 aromatic carbocycles. The van der Waals surface area contributed by atoms with Crippen molar-refractivity contribution in [2.45, 2.75) is 26.2 Å². The van der Waals surface area contributed by atoms with Gasteiger partial charge >= 0.3 is 0 Å². The predicted octanol–water partition coefficient (Wildman–Crippen LogP) is 2.02. The van der Waals surface area contributed by atoms with Gasteiger partial charge in [0.1, 0.15) is 5.82 Å². The Hall–Kier alpha value is -1.35. The molecule has 3 N–H and O–H groups in total. The number of fused-ring (bicyclic) bond motifs is 1. The first-order chi connectivity index (χ1) is 7.35. The first kappa shape index (κ1) is 10.2.